The highest BCUT2D eigenvalue weighted by Crippen LogP contribution is 1.86. The molecule has 0 saturated heterocycles. The highest BCUT2D eigenvalue weighted by molar-refractivity contribution is 5.69. The van der Waals surface area contributed by atoms with Gasteiger partial charge in [-0.2, -0.15) is 0 Å². The fourth-order valence-electron chi connectivity index (χ4n) is 0.951. The lowest BCUT2D eigenvalue weighted by molar-refractivity contribution is -0.671. The molecule has 0 aromatic carbocycles. The normalized spacial score (nSPS) is 9.08. The first-order chi connectivity index (χ1) is 5.72. The number of esters is 1. The quantitative estimate of drug-likeness (QED) is 0.481. The maximum atomic E-state index is 11.0. The molecule has 0 aliphatic carbocycles. The van der Waals surface area contributed by atoms with E-state index in [1.807, 2.05) is 30.3 Å². The van der Waals surface area contributed by atoms with Crippen molar-refractivity contribution in [1.82, 2.24) is 4.57 Å². The molecule has 1 N–H and O–H groups in total. The summed E-state index contributed by atoms with van der Waals surface area (Å²) in [4.78, 5) is 11.0. The predicted molar refractivity (Wildman–Crippen MR) is 44.2 cm³/mol. The molecule has 0 amide bonds. The largest absolute Gasteiger partial charge is 0.870 e. The van der Waals surface area contributed by atoms with Gasteiger partial charge in [0, 0.05) is 0 Å². The van der Waals surface area contributed by atoms with Crippen molar-refractivity contribution in [2.24, 2.45) is 7.05 Å². The molecule has 1 heterocycles. The average Bonchev–Trinajstić information content (AvgIpc) is 2.36. The summed E-state index contributed by atoms with van der Waals surface area (Å²) in [5.74, 6) is -0.200. The van der Waals surface area contributed by atoms with Crippen LogP contribution in [0.15, 0.2) is 18.7 Å². The van der Waals surface area contributed by atoms with Crippen LogP contribution in [-0.2, 0) is 23.1 Å². The molecule has 0 aliphatic heterocycles. The van der Waals surface area contributed by atoms with Crippen molar-refractivity contribution >= 4 is 5.97 Å². The number of carbonyl (C=O) groups is 1. The average molecular weight is 186 g/mol. The van der Waals surface area contributed by atoms with Crippen molar-refractivity contribution in [3.8, 4) is 0 Å². The van der Waals surface area contributed by atoms with E-state index >= 15 is 0 Å². The van der Waals surface area contributed by atoms with Gasteiger partial charge in [0.2, 0.25) is 6.33 Å². The SMILES string of the molecule is CCOC(=O)Cn1cc[n+](C)c1.[OH-]. The van der Waals surface area contributed by atoms with E-state index in [-0.39, 0.29) is 18.0 Å². The molecule has 0 unspecified atom stereocenters. The zero-order valence-corrected chi connectivity index (χ0v) is 7.80. The molecule has 1 aromatic rings. The van der Waals surface area contributed by atoms with E-state index in [1.54, 1.807) is 11.5 Å². The minimum absolute atomic E-state index is 0. The minimum atomic E-state index is -0.200. The van der Waals surface area contributed by atoms with E-state index in [0.717, 1.165) is 0 Å². The fraction of sp³-hybridized carbons (Fsp3) is 0.500. The van der Waals surface area contributed by atoms with E-state index in [1.165, 1.54) is 0 Å². The zero-order valence-electron chi connectivity index (χ0n) is 7.80. The molecule has 0 fully saturated rings. The number of aromatic nitrogens is 2. The van der Waals surface area contributed by atoms with Gasteiger partial charge in [-0.25, -0.2) is 13.9 Å². The summed E-state index contributed by atoms with van der Waals surface area (Å²) in [7, 11) is 1.90. The summed E-state index contributed by atoms with van der Waals surface area (Å²) in [5, 5.41) is 0. The minimum Gasteiger partial charge on any atom is -0.870 e. The van der Waals surface area contributed by atoms with Gasteiger partial charge in [0.05, 0.1) is 13.7 Å². The van der Waals surface area contributed by atoms with E-state index in [2.05, 4.69) is 0 Å². The summed E-state index contributed by atoms with van der Waals surface area (Å²) in [6.07, 6.45) is 5.53. The van der Waals surface area contributed by atoms with Crippen LogP contribution in [0, 0.1) is 0 Å². The smallest absolute Gasteiger partial charge is 0.348 e. The molecule has 0 saturated carbocycles. The molecule has 74 valence electrons. The van der Waals surface area contributed by atoms with E-state index in [0.29, 0.717) is 6.61 Å². The Hall–Kier alpha value is -1.36. The molecule has 0 bridgehead atoms. The van der Waals surface area contributed by atoms with Crippen molar-refractivity contribution in [3.05, 3.63) is 18.7 Å². The molecule has 5 nitrogen and oxygen atoms in total. The monoisotopic (exact) mass is 186 g/mol. The molecule has 5 heteroatoms. The second-order valence-electron chi connectivity index (χ2n) is 2.56. The lowest BCUT2D eigenvalue weighted by Crippen LogP contribution is -2.24. The number of aryl methyl sites for hydroxylation is 1. The van der Waals surface area contributed by atoms with E-state index in [4.69, 9.17) is 4.74 Å². The Balaban J connectivity index is 0.00000144. The molecule has 0 spiro atoms. The molecule has 0 radical (unpaired) electrons. The topological polar surface area (TPSA) is 65.1 Å². The van der Waals surface area contributed by atoms with Crippen LogP contribution in [0.25, 0.3) is 0 Å². The van der Waals surface area contributed by atoms with E-state index < -0.39 is 0 Å². The zero-order chi connectivity index (χ0) is 8.97. The van der Waals surface area contributed by atoms with Gasteiger partial charge in [-0.3, -0.25) is 0 Å². The Morgan fingerprint density at radius 2 is 2.31 bits per heavy atom. The summed E-state index contributed by atoms with van der Waals surface area (Å²) in [5.41, 5.74) is 0. The van der Waals surface area contributed by atoms with E-state index in [9.17, 15) is 4.79 Å². The second kappa shape index (κ2) is 5.31. The number of hydrogen-bond donors (Lipinski definition) is 0. The predicted octanol–water partition coefficient (Wildman–Crippen LogP) is -0.301. The molecule has 0 atom stereocenters. The van der Waals surface area contributed by atoms with Crippen LogP contribution in [0.5, 0.6) is 0 Å². The Kier molecular flexibility index (Phi) is 4.76. The summed E-state index contributed by atoms with van der Waals surface area (Å²) in [6, 6.07) is 0. The summed E-state index contributed by atoms with van der Waals surface area (Å²) < 4.78 is 8.44. The molecule has 1 aromatic heterocycles. The highest BCUT2D eigenvalue weighted by Gasteiger charge is 2.07. The maximum absolute atomic E-state index is 11.0. The van der Waals surface area contributed by atoms with Gasteiger partial charge in [0.15, 0.2) is 6.54 Å². The molecule has 13 heavy (non-hydrogen) atoms. The molecular formula is C8H14N2O3. The van der Waals surface area contributed by atoms with Gasteiger partial charge in [-0.05, 0) is 6.92 Å². The van der Waals surface area contributed by atoms with Gasteiger partial charge < -0.3 is 10.2 Å². The van der Waals surface area contributed by atoms with Crippen LogP contribution in [0.3, 0.4) is 0 Å². The van der Waals surface area contributed by atoms with Crippen LogP contribution in [0.2, 0.25) is 0 Å². The van der Waals surface area contributed by atoms with Crippen molar-refractivity contribution in [2.75, 3.05) is 6.61 Å². The van der Waals surface area contributed by atoms with Gasteiger partial charge in [0.25, 0.3) is 0 Å². The van der Waals surface area contributed by atoms with Gasteiger partial charge in [0.1, 0.15) is 12.4 Å². The number of imidazole rings is 1. The third-order valence-electron chi connectivity index (χ3n) is 1.44. The van der Waals surface area contributed by atoms with Crippen LogP contribution in [0.1, 0.15) is 6.92 Å². The van der Waals surface area contributed by atoms with Gasteiger partial charge >= 0.3 is 5.97 Å². The van der Waals surface area contributed by atoms with Crippen LogP contribution >= 0.6 is 0 Å². The van der Waals surface area contributed by atoms with Crippen molar-refractivity contribution in [1.29, 1.82) is 0 Å². The third kappa shape index (κ3) is 3.71. The molecule has 0 aliphatic rings. The van der Waals surface area contributed by atoms with Crippen molar-refractivity contribution in [3.63, 3.8) is 0 Å². The Morgan fingerprint density at radius 1 is 1.62 bits per heavy atom. The highest BCUT2D eigenvalue weighted by atomic mass is 16.5. The number of nitrogens with zero attached hydrogens (tertiary/aromatic N) is 2. The standard InChI is InChI=1S/C8H13N2O2.H2O/c1-3-12-8(11)6-10-5-4-9(2)7-10;/h4-5,7H,3,6H2,1-2H3;1H2/q+1;/p-1. The van der Waals surface area contributed by atoms with Crippen LogP contribution in [-0.4, -0.2) is 22.6 Å². The Morgan fingerprint density at radius 3 is 2.77 bits per heavy atom. The second-order valence-corrected chi connectivity index (χ2v) is 2.56. The first-order valence-electron chi connectivity index (χ1n) is 3.89. The van der Waals surface area contributed by atoms with Crippen LogP contribution in [0.4, 0.5) is 0 Å². The summed E-state index contributed by atoms with van der Waals surface area (Å²) >= 11 is 0. The van der Waals surface area contributed by atoms with Crippen LogP contribution < -0.4 is 4.57 Å². The first kappa shape index (κ1) is 11.6. The van der Waals surface area contributed by atoms with Crippen molar-refractivity contribution < 1.29 is 19.6 Å². The molecular weight excluding hydrogens is 172 g/mol. The third-order valence-corrected chi connectivity index (χ3v) is 1.44. The molecule has 1 rings (SSSR count). The summed E-state index contributed by atoms with van der Waals surface area (Å²) in [6.45, 7) is 2.52. The number of ether oxygens (including phenoxy) is 1. The lowest BCUT2D eigenvalue weighted by atomic mass is 10.6. The number of hydrogen-bond acceptors (Lipinski definition) is 3. The van der Waals surface area contributed by atoms with Crippen molar-refractivity contribution in [2.45, 2.75) is 13.5 Å². The number of rotatable bonds is 3. The lowest BCUT2D eigenvalue weighted by Gasteiger charge is -1.97. The Bertz CT molecular complexity index is 270. The first-order valence-corrected chi connectivity index (χ1v) is 3.89. The Labute approximate surface area is 76.9 Å². The fourth-order valence-corrected chi connectivity index (χ4v) is 0.951. The van der Waals surface area contributed by atoms with Gasteiger partial charge in [-0.15, -0.1) is 0 Å². The number of carbonyl (C=O) groups excluding carboxylic acids is 1. The maximum Gasteiger partial charge on any atom is 0.348 e. The van der Waals surface area contributed by atoms with Gasteiger partial charge in [-0.1, -0.05) is 0 Å².